The Hall–Kier alpha value is -5.93. The second kappa shape index (κ2) is 18.9. The highest BCUT2D eigenvalue weighted by atomic mass is 19.1. The molecule has 340 valence electrons. The number of aromatic nitrogens is 4. The molecule has 1 saturated carbocycles. The average molecular weight is 886 g/mol. The van der Waals surface area contributed by atoms with Crippen molar-refractivity contribution in [3.63, 3.8) is 0 Å². The van der Waals surface area contributed by atoms with Crippen molar-refractivity contribution >= 4 is 23.4 Å². The number of nitrogens with one attached hydrogen (secondary N) is 3. The Morgan fingerprint density at radius 3 is 2.06 bits per heavy atom. The van der Waals surface area contributed by atoms with Gasteiger partial charge in [-0.1, -0.05) is 67.1 Å². The minimum Gasteiger partial charge on any atom is -0.377 e. The third-order valence-electron chi connectivity index (χ3n) is 14.1. The molecule has 0 spiro atoms. The second-order valence-electron chi connectivity index (χ2n) is 18.3. The molecular weight excluding hydrogens is 829 g/mol. The first-order chi connectivity index (χ1) is 31.8. The fourth-order valence-corrected chi connectivity index (χ4v) is 10.4. The van der Waals surface area contributed by atoms with E-state index in [0.717, 1.165) is 62.0 Å². The first kappa shape index (κ1) is 43.0. The van der Waals surface area contributed by atoms with E-state index >= 15 is 8.78 Å². The standard InChI is InChI=1S/C50H57F2N9O4/c51-37-27-36(40-30-53-46(56-40)41-15-10-22-60(41)49(63)43(33-11-4-1-5-12-33)57-48(62)35-16-17-35)28-38(52)45(37)59-23-18-32(19-24-59)39-29-54-47(55-39)42-31-65-26-25-61(42)50(64)44(34-13-6-2-7-14-34)58-20-8-3-9-21-58/h1-2,4-7,11-14,27-30,32,35,41-44H,3,8-10,15-26,31H2,(H,53,56)(H,54,55)(H,57,62). The molecule has 10 rings (SSSR count). The van der Waals surface area contributed by atoms with E-state index in [0.29, 0.717) is 81.6 Å². The number of amides is 3. The summed E-state index contributed by atoms with van der Waals surface area (Å²) < 4.78 is 38.0. The summed E-state index contributed by atoms with van der Waals surface area (Å²) in [4.78, 5) is 65.5. The van der Waals surface area contributed by atoms with Crippen LogP contribution in [0, 0.1) is 17.6 Å². The van der Waals surface area contributed by atoms with Gasteiger partial charge in [-0.2, -0.15) is 0 Å². The number of carbonyl (C=O) groups excluding carboxylic acids is 3. The second-order valence-corrected chi connectivity index (χ2v) is 18.3. The average Bonchev–Trinajstić information content (AvgIpc) is 3.65. The zero-order valence-corrected chi connectivity index (χ0v) is 36.6. The molecule has 1 aliphatic carbocycles. The Balaban J connectivity index is 0.793. The van der Waals surface area contributed by atoms with E-state index in [4.69, 9.17) is 9.72 Å². The Labute approximate surface area is 377 Å². The van der Waals surface area contributed by atoms with Gasteiger partial charge in [-0.15, -0.1) is 0 Å². The summed E-state index contributed by atoms with van der Waals surface area (Å²) in [6.45, 7) is 4.46. The van der Waals surface area contributed by atoms with Crippen LogP contribution < -0.4 is 10.2 Å². The summed E-state index contributed by atoms with van der Waals surface area (Å²) in [6, 6.07) is 20.1. The predicted molar refractivity (Wildman–Crippen MR) is 240 cm³/mol. The Morgan fingerprint density at radius 1 is 0.692 bits per heavy atom. The Kier molecular flexibility index (Phi) is 12.5. The van der Waals surface area contributed by atoms with E-state index in [1.807, 2.05) is 71.8 Å². The van der Waals surface area contributed by atoms with Gasteiger partial charge in [0.25, 0.3) is 0 Å². The zero-order valence-electron chi connectivity index (χ0n) is 36.6. The van der Waals surface area contributed by atoms with Gasteiger partial charge in [0.2, 0.25) is 17.7 Å². The van der Waals surface area contributed by atoms with Crippen molar-refractivity contribution in [2.24, 2.45) is 5.92 Å². The van der Waals surface area contributed by atoms with Gasteiger partial charge in [-0.05, 0) is 87.7 Å². The number of H-pyrrole nitrogens is 2. The summed E-state index contributed by atoms with van der Waals surface area (Å²) in [7, 11) is 0. The van der Waals surface area contributed by atoms with Crippen LogP contribution in [0.5, 0.6) is 0 Å². The van der Waals surface area contributed by atoms with Crippen molar-refractivity contribution in [3.8, 4) is 11.3 Å². The maximum Gasteiger partial charge on any atom is 0.250 e. The SMILES string of the molecule is O=C(NC(C(=O)N1CCCC1c1ncc(-c2cc(F)c(N3CCC(c4cnc(C5COCCN5C(=O)C(c5ccccc5)N5CCCCC5)[nH]4)CC3)c(F)c2)[nH]1)c1ccccc1)C1CC1. The van der Waals surface area contributed by atoms with Gasteiger partial charge in [0.05, 0.1) is 31.1 Å². The van der Waals surface area contributed by atoms with Gasteiger partial charge in [0.15, 0.2) is 0 Å². The molecule has 5 aromatic rings. The number of aromatic amines is 2. The molecule has 3 N–H and O–H groups in total. The lowest BCUT2D eigenvalue weighted by Gasteiger charge is -2.41. The number of nitrogens with zero attached hydrogens (tertiary/aromatic N) is 6. The third kappa shape index (κ3) is 9.04. The van der Waals surface area contributed by atoms with Gasteiger partial charge in [0, 0.05) is 55.5 Å². The van der Waals surface area contributed by atoms with E-state index < -0.39 is 17.7 Å². The summed E-state index contributed by atoms with van der Waals surface area (Å²) >= 11 is 0. The van der Waals surface area contributed by atoms with E-state index in [9.17, 15) is 14.4 Å². The van der Waals surface area contributed by atoms with Crippen LogP contribution in [0.4, 0.5) is 14.5 Å². The number of likely N-dealkylation sites (tertiary alicyclic amines) is 2. The largest absolute Gasteiger partial charge is 0.377 e. The fraction of sp³-hybridized carbons (Fsp3) is 0.460. The summed E-state index contributed by atoms with van der Waals surface area (Å²) in [5, 5.41) is 2.99. The summed E-state index contributed by atoms with van der Waals surface area (Å²) in [5.41, 5.74) is 3.38. The highest BCUT2D eigenvalue weighted by Gasteiger charge is 2.41. The zero-order chi connectivity index (χ0) is 44.4. The van der Waals surface area contributed by atoms with E-state index in [1.165, 1.54) is 18.6 Å². The molecular formula is C50H57F2N9O4. The first-order valence-electron chi connectivity index (χ1n) is 23.5. The smallest absolute Gasteiger partial charge is 0.250 e. The van der Waals surface area contributed by atoms with E-state index in [-0.39, 0.29) is 53.4 Å². The molecule has 15 heteroatoms. The number of halogens is 2. The van der Waals surface area contributed by atoms with Gasteiger partial charge in [-0.3, -0.25) is 19.3 Å². The van der Waals surface area contributed by atoms with Gasteiger partial charge in [0.1, 0.15) is 47.1 Å². The molecule has 0 radical (unpaired) electrons. The highest BCUT2D eigenvalue weighted by molar-refractivity contribution is 5.90. The molecule has 5 fully saturated rings. The molecule has 3 amide bonds. The number of morpholine rings is 1. The van der Waals surface area contributed by atoms with Crippen molar-refractivity contribution in [3.05, 3.63) is 125 Å². The lowest BCUT2D eigenvalue weighted by molar-refractivity contribution is -0.147. The van der Waals surface area contributed by atoms with Crippen molar-refractivity contribution in [2.45, 2.75) is 87.9 Å². The number of benzene rings is 3. The lowest BCUT2D eigenvalue weighted by atomic mass is 9.93. The van der Waals surface area contributed by atoms with Crippen LogP contribution in [0.3, 0.4) is 0 Å². The number of ether oxygens (including phenoxy) is 1. The lowest BCUT2D eigenvalue weighted by Crippen LogP contribution is -2.50. The molecule has 2 aromatic heterocycles. The number of rotatable bonds is 12. The first-order valence-corrected chi connectivity index (χ1v) is 23.5. The van der Waals surface area contributed by atoms with Gasteiger partial charge >= 0.3 is 0 Å². The number of carbonyl (C=O) groups is 3. The van der Waals surface area contributed by atoms with Crippen molar-refractivity contribution < 1.29 is 27.9 Å². The van der Waals surface area contributed by atoms with Crippen LogP contribution in [0.15, 0.2) is 85.2 Å². The van der Waals surface area contributed by atoms with Crippen LogP contribution in [0.2, 0.25) is 0 Å². The van der Waals surface area contributed by atoms with Crippen LogP contribution in [-0.4, -0.2) is 105 Å². The maximum absolute atomic E-state index is 16.0. The fourth-order valence-electron chi connectivity index (χ4n) is 10.4. The molecule has 5 aliphatic rings. The predicted octanol–water partition coefficient (Wildman–Crippen LogP) is 7.52. The molecule has 13 nitrogen and oxygen atoms in total. The van der Waals surface area contributed by atoms with E-state index in [1.54, 1.807) is 16.0 Å². The van der Waals surface area contributed by atoms with Crippen LogP contribution >= 0.6 is 0 Å². The number of imidazole rings is 2. The van der Waals surface area contributed by atoms with E-state index in [2.05, 4.69) is 25.2 Å². The Bertz CT molecular complexity index is 2440. The van der Waals surface area contributed by atoms with Crippen molar-refractivity contribution in [2.75, 3.05) is 57.4 Å². The van der Waals surface area contributed by atoms with Crippen molar-refractivity contribution in [1.29, 1.82) is 0 Å². The highest BCUT2D eigenvalue weighted by Crippen LogP contribution is 2.39. The van der Waals surface area contributed by atoms with Crippen LogP contribution in [-0.2, 0) is 19.1 Å². The van der Waals surface area contributed by atoms with Gasteiger partial charge < -0.3 is 34.7 Å². The topological polar surface area (TPSA) is 143 Å². The quantitative estimate of drug-likeness (QED) is 0.117. The number of anilines is 1. The monoisotopic (exact) mass is 885 g/mol. The number of hydrogen-bond donors (Lipinski definition) is 3. The molecule has 3 aromatic carbocycles. The Morgan fingerprint density at radius 2 is 1.35 bits per heavy atom. The third-order valence-corrected chi connectivity index (χ3v) is 14.1. The molecule has 4 aliphatic heterocycles. The number of hydrogen-bond acceptors (Lipinski definition) is 8. The molecule has 4 atom stereocenters. The molecule has 4 unspecified atom stereocenters. The summed E-state index contributed by atoms with van der Waals surface area (Å²) in [5.74, 6) is -0.301. The van der Waals surface area contributed by atoms with Crippen LogP contribution in [0.1, 0.15) is 116 Å². The number of piperidine rings is 2. The molecule has 65 heavy (non-hydrogen) atoms. The summed E-state index contributed by atoms with van der Waals surface area (Å²) in [6.07, 6.45) is 11.1. The van der Waals surface area contributed by atoms with Gasteiger partial charge in [-0.25, -0.2) is 18.7 Å². The molecule has 4 saturated heterocycles. The van der Waals surface area contributed by atoms with Crippen molar-refractivity contribution in [1.82, 2.24) is 40.0 Å². The normalized spacial score (nSPS) is 21.9. The minimum atomic E-state index is -0.820. The minimum absolute atomic E-state index is 0.0522. The molecule has 0 bridgehead atoms. The van der Waals surface area contributed by atoms with Crippen LogP contribution in [0.25, 0.3) is 11.3 Å². The maximum atomic E-state index is 16.0. The molecule has 6 heterocycles.